The van der Waals surface area contributed by atoms with Gasteiger partial charge in [-0.1, -0.05) is 11.6 Å². The number of hydrogen-bond acceptors (Lipinski definition) is 3. The summed E-state index contributed by atoms with van der Waals surface area (Å²) in [5.74, 6) is -0.366. The Morgan fingerprint density at radius 3 is 2.62 bits per heavy atom. The molecule has 0 aliphatic carbocycles. The highest BCUT2D eigenvalue weighted by molar-refractivity contribution is 6.31. The number of amides is 1. The number of rotatable bonds is 4. The summed E-state index contributed by atoms with van der Waals surface area (Å²) in [6, 6.07) is 7.77. The van der Waals surface area contributed by atoms with Gasteiger partial charge >= 0.3 is 0 Å². The van der Waals surface area contributed by atoms with Crippen molar-refractivity contribution < 1.29 is 14.3 Å². The molecule has 0 aliphatic rings. The van der Waals surface area contributed by atoms with Crippen LogP contribution in [0.15, 0.2) is 42.7 Å². The molecule has 0 unspecified atom stereocenters. The first-order valence-electron chi connectivity index (χ1n) is 6.15. The molecule has 0 atom stereocenters. The van der Waals surface area contributed by atoms with Gasteiger partial charge in [-0.2, -0.15) is 4.57 Å². The van der Waals surface area contributed by atoms with Crippen LogP contribution < -0.4 is 9.88 Å². The van der Waals surface area contributed by atoms with Crippen LogP contribution in [0, 0.1) is 17.0 Å². The van der Waals surface area contributed by atoms with Crippen molar-refractivity contribution in [1.82, 2.24) is 0 Å². The summed E-state index contributed by atoms with van der Waals surface area (Å²) in [7, 11) is 0. The van der Waals surface area contributed by atoms with Crippen LogP contribution >= 0.6 is 11.6 Å². The summed E-state index contributed by atoms with van der Waals surface area (Å²) in [6.07, 6.45) is 3.53. The molecule has 21 heavy (non-hydrogen) atoms. The van der Waals surface area contributed by atoms with E-state index in [9.17, 15) is 14.9 Å². The fraction of sp³-hybridized carbons (Fsp3) is 0.143. The van der Waals surface area contributed by atoms with Gasteiger partial charge < -0.3 is 5.32 Å². The van der Waals surface area contributed by atoms with E-state index in [1.807, 2.05) is 19.1 Å². The van der Waals surface area contributed by atoms with Crippen molar-refractivity contribution in [3.8, 4) is 0 Å². The molecule has 108 valence electrons. The van der Waals surface area contributed by atoms with Gasteiger partial charge in [0.15, 0.2) is 12.4 Å². The number of carbonyl (C=O) groups is 1. The zero-order chi connectivity index (χ0) is 15.4. The molecule has 0 spiro atoms. The van der Waals surface area contributed by atoms with Crippen LogP contribution in [0.5, 0.6) is 0 Å². The van der Waals surface area contributed by atoms with Gasteiger partial charge in [0, 0.05) is 23.2 Å². The normalized spacial score (nSPS) is 10.2. The Balaban J connectivity index is 2.14. The predicted octanol–water partition coefficient (Wildman–Crippen LogP) is 2.48. The first-order valence-corrected chi connectivity index (χ1v) is 6.53. The lowest BCUT2D eigenvalue weighted by atomic mass is 10.2. The number of anilines is 1. The van der Waals surface area contributed by atoms with E-state index in [4.69, 9.17) is 11.6 Å². The second-order valence-electron chi connectivity index (χ2n) is 4.51. The van der Waals surface area contributed by atoms with E-state index in [0.29, 0.717) is 5.02 Å². The molecule has 0 saturated heterocycles. The fourth-order valence-corrected chi connectivity index (χ4v) is 1.93. The summed E-state index contributed by atoms with van der Waals surface area (Å²) in [6.45, 7) is 2.00. The van der Waals surface area contributed by atoms with Crippen molar-refractivity contribution in [2.45, 2.75) is 13.5 Å². The first-order chi connectivity index (χ1) is 9.95. The maximum atomic E-state index is 12.0. The standard InChI is InChI=1S/C14H12ClN3O3/c1-10-4-6-17(7-5-10)9-14(19)16-12-8-11(15)2-3-13(12)18(20)21/h2-8H,9H2,1H3/p+1. The number of pyridine rings is 1. The maximum absolute atomic E-state index is 12.0. The number of nitro groups is 1. The molecule has 0 aliphatic heterocycles. The van der Waals surface area contributed by atoms with E-state index >= 15 is 0 Å². The van der Waals surface area contributed by atoms with Crippen molar-refractivity contribution in [1.29, 1.82) is 0 Å². The van der Waals surface area contributed by atoms with E-state index < -0.39 is 4.92 Å². The van der Waals surface area contributed by atoms with Crippen LogP contribution in [-0.2, 0) is 11.3 Å². The third-order valence-electron chi connectivity index (χ3n) is 2.81. The highest BCUT2D eigenvalue weighted by atomic mass is 35.5. The number of aromatic nitrogens is 1. The average Bonchev–Trinajstić information content (AvgIpc) is 2.41. The van der Waals surface area contributed by atoms with Gasteiger partial charge in [0.25, 0.3) is 11.6 Å². The Labute approximate surface area is 126 Å². The number of aryl methyl sites for hydroxylation is 1. The Morgan fingerprint density at radius 1 is 1.33 bits per heavy atom. The second kappa shape index (κ2) is 6.32. The van der Waals surface area contributed by atoms with Crippen molar-refractivity contribution in [3.63, 3.8) is 0 Å². The van der Waals surface area contributed by atoms with E-state index in [1.54, 1.807) is 17.0 Å². The number of halogens is 1. The van der Waals surface area contributed by atoms with Crippen LogP contribution in [-0.4, -0.2) is 10.8 Å². The molecule has 1 aromatic heterocycles. The zero-order valence-electron chi connectivity index (χ0n) is 11.2. The molecule has 1 amide bonds. The highest BCUT2D eigenvalue weighted by Crippen LogP contribution is 2.27. The maximum Gasteiger partial charge on any atom is 0.292 e. The summed E-state index contributed by atoms with van der Waals surface area (Å²) < 4.78 is 1.68. The van der Waals surface area contributed by atoms with Crippen LogP contribution in [0.3, 0.4) is 0 Å². The molecule has 1 N–H and O–H groups in total. The van der Waals surface area contributed by atoms with E-state index in [2.05, 4.69) is 5.32 Å². The summed E-state index contributed by atoms with van der Waals surface area (Å²) >= 11 is 5.80. The molecule has 2 rings (SSSR count). The summed E-state index contributed by atoms with van der Waals surface area (Å²) in [4.78, 5) is 22.3. The fourth-order valence-electron chi connectivity index (χ4n) is 1.76. The number of benzene rings is 1. The number of carbonyl (C=O) groups excluding carboxylic acids is 1. The molecule has 0 fully saturated rings. The predicted molar refractivity (Wildman–Crippen MR) is 78.1 cm³/mol. The minimum atomic E-state index is -0.565. The summed E-state index contributed by atoms with van der Waals surface area (Å²) in [5, 5.41) is 13.7. The lowest BCUT2D eigenvalue weighted by Gasteiger charge is -2.05. The second-order valence-corrected chi connectivity index (χ2v) is 4.95. The molecule has 0 radical (unpaired) electrons. The highest BCUT2D eigenvalue weighted by Gasteiger charge is 2.18. The molecule has 6 nitrogen and oxygen atoms in total. The van der Waals surface area contributed by atoms with Crippen LogP contribution in [0.4, 0.5) is 11.4 Å². The van der Waals surface area contributed by atoms with Crippen LogP contribution in [0.25, 0.3) is 0 Å². The quantitative estimate of drug-likeness (QED) is 0.535. The Morgan fingerprint density at radius 2 is 2.00 bits per heavy atom. The SMILES string of the molecule is Cc1cc[n+](CC(=O)Nc2cc(Cl)ccc2[N+](=O)[O-])cc1. The topological polar surface area (TPSA) is 76.1 Å². The lowest BCUT2D eigenvalue weighted by Crippen LogP contribution is -2.39. The van der Waals surface area contributed by atoms with Crippen molar-refractivity contribution >= 4 is 28.9 Å². The van der Waals surface area contributed by atoms with Crippen LogP contribution in [0.1, 0.15) is 5.56 Å². The zero-order valence-corrected chi connectivity index (χ0v) is 12.0. The molecular weight excluding hydrogens is 294 g/mol. The summed E-state index contributed by atoms with van der Waals surface area (Å²) in [5.41, 5.74) is 0.976. The first kappa shape index (κ1) is 14.9. The van der Waals surface area contributed by atoms with Crippen molar-refractivity contribution in [2.24, 2.45) is 0 Å². The van der Waals surface area contributed by atoms with E-state index in [1.165, 1.54) is 18.2 Å². The van der Waals surface area contributed by atoms with Gasteiger partial charge in [-0.05, 0) is 24.6 Å². The van der Waals surface area contributed by atoms with E-state index in [-0.39, 0.29) is 23.8 Å². The number of nitrogens with one attached hydrogen (secondary N) is 1. The average molecular weight is 307 g/mol. The molecular formula is C14H13ClN3O3+. The van der Waals surface area contributed by atoms with Gasteiger partial charge in [-0.15, -0.1) is 0 Å². The monoisotopic (exact) mass is 306 g/mol. The van der Waals surface area contributed by atoms with Gasteiger partial charge in [0.05, 0.1) is 4.92 Å². The number of nitrogens with zero attached hydrogens (tertiary/aromatic N) is 2. The van der Waals surface area contributed by atoms with Gasteiger partial charge in [-0.25, -0.2) is 0 Å². The van der Waals surface area contributed by atoms with E-state index in [0.717, 1.165) is 5.56 Å². The molecule has 7 heteroatoms. The third kappa shape index (κ3) is 4.00. The molecule has 2 aromatic rings. The Bertz CT molecular complexity index is 686. The lowest BCUT2D eigenvalue weighted by molar-refractivity contribution is -0.684. The van der Waals surface area contributed by atoms with Gasteiger partial charge in [0.2, 0.25) is 6.54 Å². The molecule has 1 aromatic carbocycles. The minimum Gasteiger partial charge on any atom is -0.315 e. The van der Waals surface area contributed by atoms with Crippen LogP contribution in [0.2, 0.25) is 5.02 Å². The largest absolute Gasteiger partial charge is 0.315 e. The number of nitro benzene ring substituents is 1. The van der Waals surface area contributed by atoms with Gasteiger partial charge in [0.1, 0.15) is 5.69 Å². The van der Waals surface area contributed by atoms with Crippen molar-refractivity contribution in [2.75, 3.05) is 5.32 Å². The van der Waals surface area contributed by atoms with Crippen molar-refractivity contribution in [3.05, 3.63) is 63.4 Å². The molecule has 0 saturated carbocycles. The smallest absolute Gasteiger partial charge is 0.292 e. The Kier molecular flexibility index (Phi) is 4.49. The Hall–Kier alpha value is -2.47. The molecule has 0 bridgehead atoms. The number of hydrogen-bond donors (Lipinski definition) is 1. The molecule has 1 heterocycles. The third-order valence-corrected chi connectivity index (χ3v) is 3.05. The minimum absolute atomic E-state index is 0.0595. The van der Waals surface area contributed by atoms with Gasteiger partial charge in [-0.3, -0.25) is 14.9 Å².